The molecule has 5 rings (SSSR count). The number of carbonyl (C=O) groups is 1. The number of fused-ring (bicyclic) bond motifs is 1. The minimum atomic E-state index is -0.289. The predicted octanol–water partition coefficient (Wildman–Crippen LogP) is 5.66. The van der Waals surface area contributed by atoms with Crippen molar-refractivity contribution in [3.05, 3.63) is 56.8 Å². The van der Waals surface area contributed by atoms with Gasteiger partial charge in [-0.25, -0.2) is 4.79 Å². The molecule has 36 heavy (non-hydrogen) atoms. The van der Waals surface area contributed by atoms with Gasteiger partial charge < -0.3 is 25.7 Å². The number of H-pyrrole nitrogens is 1. The van der Waals surface area contributed by atoms with Crippen molar-refractivity contribution in [3.8, 4) is 16.9 Å². The van der Waals surface area contributed by atoms with Gasteiger partial charge in [0.2, 0.25) is 0 Å². The highest BCUT2D eigenvalue weighted by atomic mass is 35.5. The van der Waals surface area contributed by atoms with Gasteiger partial charge in [0, 0.05) is 17.5 Å². The second-order valence-corrected chi connectivity index (χ2v) is 10.4. The Kier molecular flexibility index (Phi) is 7.21. The van der Waals surface area contributed by atoms with E-state index in [1.807, 2.05) is 32.0 Å². The lowest BCUT2D eigenvalue weighted by Crippen LogP contribution is -2.35. The number of ether oxygens (including phenoxy) is 1. The number of piperidine rings is 1. The van der Waals surface area contributed by atoms with E-state index in [0.717, 1.165) is 48.9 Å². The largest absolute Gasteiger partial charge is 0.492 e. The van der Waals surface area contributed by atoms with Crippen LogP contribution in [0.15, 0.2) is 35.1 Å². The average molecular weight is 509 g/mol. The molecule has 8 heteroatoms. The van der Waals surface area contributed by atoms with Crippen LogP contribution in [-0.2, 0) is 0 Å². The molecular formula is C28H33ClN4O3. The Morgan fingerprint density at radius 1 is 1.11 bits per heavy atom. The van der Waals surface area contributed by atoms with Gasteiger partial charge >= 0.3 is 6.03 Å². The monoisotopic (exact) mass is 508 g/mol. The first-order valence-electron chi connectivity index (χ1n) is 12.8. The lowest BCUT2D eigenvalue weighted by atomic mass is 9.99. The number of aryl methyl sites for hydroxylation is 2. The summed E-state index contributed by atoms with van der Waals surface area (Å²) in [5.74, 6) is 0.509. The van der Waals surface area contributed by atoms with E-state index >= 15 is 0 Å². The molecule has 3 aromatic rings. The fraction of sp³-hybridized carbons (Fsp3) is 0.429. The van der Waals surface area contributed by atoms with Gasteiger partial charge in [-0.1, -0.05) is 36.2 Å². The van der Waals surface area contributed by atoms with E-state index in [4.69, 9.17) is 16.3 Å². The Bertz CT molecular complexity index is 1340. The van der Waals surface area contributed by atoms with Gasteiger partial charge in [0.25, 0.3) is 5.56 Å². The maximum absolute atomic E-state index is 13.3. The van der Waals surface area contributed by atoms with Crippen LogP contribution in [-0.4, -0.2) is 36.3 Å². The van der Waals surface area contributed by atoms with Crippen LogP contribution in [0.1, 0.15) is 49.7 Å². The third kappa shape index (κ3) is 5.52. The second-order valence-electron chi connectivity index (χ2n) is 9.99. The van der Waals surface area contributed by atoms with Crippen molar-refractivity contribution >= 4 is 34.2 Å². The molecule has 1 saturated carbocycles. The first-order valence-corrected chi connectivity index (χ1v) is 13.2. The number of aromatic nitrogens is 1. The summed E-state index contributed by atoms with van der Waals surface area (Å²) in [5, 5.41) is 10.4. The Morgan fingerprint density at radius 2 is 1.94 bits per heavy atom. The maximum Gasteiger partial charge on any atom is 0.319 e. The van der Waals surface area contributed by atoms with Gasteiger partial charge in [-0.2, -0.15) is 0 Å². The lowest BCUT2D eigenvalue weighted by Gasteiger charge is -2.24. The van der Waals surface area contributed by atoms with Crippen molar-refractivity contribution in [2.24, 2.45) is 0 Å². The van der Waals surface area contributed by atoms with Crippen molar-refractivity contribution in [1.29, 1.82) is 0 Å². The lowest BCUT2D eigenvalue weighted by molar-refractivity contribution is 0.251. The van der Waals surface area contributed by atoms with Gasteiger partial charge in [-0.05, 0) is 81.3 Å². The molecule has 0 bridgehead atoms. The van der Waals surface area contributed by atoms with E-state index < -0.39 is 0 Å². The molecule has 0 radical (unpaired) electrons. The van der Waals surface area contributed by atoms with Gasteiger partial charge in [-0.3, -0.25) is 4.79 Å². The number of nitrogens with one attached hydrogen (secondary N) is 4. The van der Waals surface area contributed by atoms with Crippen LogP contribution >= 0.6 is 11.6 Å². The maximum atomic E-state index is 13.3. The van der Waals surface area contributed by atoms with Crippen molar-refractivity contribution in [2.45, 2.75) is 64.5 Å². The van der Waals surface area contributed by atoms with Crippen molar-refractivity contribution in [1.82, 2.24) is 15.6 Å². The van der Waals surface area contributed by atoms with E-state index in [1.54, 1.807) is 12.1 Å². The number of urea groups is 1. The number of amides is 2. The highest BCUT2D eigenvalue weighted by molar-refractivity contribution is 6.34. The van der Waals surface area contributed by atoms with Crippen LogP contribution in [0.25, 0.3) is 22.0 Å². The molecule has 2 amide bonds. The predicted molar refractivity (Wildman–Crippen MR) is 145 cm³/mol. The van der Waals surface area contributed by atoms with Crippen LogP contribution in [0.4, 0.5) is 10.5 Å². The number of anilines is 1. The molecule has 1 unspecified atom stereocenters. The number of rotatable bonds is 7. The fourth-order valence-electron chi connectivity index (χ4n) is 4.74. The number of carbonyl (C=O) groups excluding carboxylic acids is 1. The molecule has 0 spiro atoms. The normalized spacial score (nSPS) is 17.7. The zero-order chi connectivity index (χ0) is 25.2. The fourth-order valence-corrected chi connectivity index (χ4v) is 4.95. The van der Waals surface area contributed by atoms with Gasteiger partial charge in [0.1, 0.15) is 5.75 Å². The summed E-state index contributed by atoms with van der Waals surface area (Å²) in [6, 6.07) is 9.79. The van der Waals surface area contributed by atoms with Gasteiger partial charge in [0.05, 0.1) is 28.4 Å². The van der Waals surface area contributed by atoms with Crippen LogP contribution < -0.4 is 26.2 Å². The van der Waals surface area contributed by atoms with E-state index in [1.165, 1.54) is 12.8 Å². The van der Waals surface area contributed by atoms with Gasteiger partial charge in [-0.15, -0.1) is 0 Å². The summed E-state index contributed by atoms with van der Waals surface area (Å²) in [6.45, 7) is 5.58. The average Bonchev–Trinajstić information content (AvgIpc) is 3.66. The molecule has 2 fully saturated rings. The van der Waals surface area contributed by atoms with E-state index in [2.05, 4.69) is 20.9 Å². The summed E-state index contributed by atoms with van der Waals surface area (Å²) >= 11 is 6.49. The van der Waals surface area contributed by atoms with Crippen molar-refractivity contribution in [2.75, 3.05) is 18.5 Å². The summed E-state index contributed by atoms with van der Waals surface area (Å²) < 4.78 is 6.40. The smallest absolute Gasteiger partial charge is 0.319 e. The van der Waals surface area contributed by atoms with Crippen molar-refractivity contribution < 1.29 is 9.53 Å². The minimum absolute atomic E-state index is 0.226. The molecular weight excluding hydrogens is 476 g/mol. The molecule has 1 aromatic heterocycles. The van der Waals surface area contributed by atoms with Crippen LogP contribution in [0.3, 0.4) is 0 Å². The standard InChI is InChI=1S/C28H33ClN4O3/c1-16-6-7-18(13-17(16)2)25-26(36-12-10-19-5-3-4-11-30-19)21-14-24(33-28(35)31-20-8-9-20)22(29)15-23(21)32-27(25)34/h6-7,13-15,19-20,30H,3-5,8-12H2,1-2H3,(H,32,34)(H2,31,33,35). The molecule has 1 aliphatic carbocycles. The Labute approximate surface area is 216 Å². The molecule has 2 heterocycles. The summed E-state index contributed by atoms with van der Waals surface area (Å²) in [7, 11) is 0. The van der Waals surface area contributed by atoms with Crippen LogP contribution in [0, 0.1) is 13.8 Å². The molecule has 4 N–H and O–H groups in total. The molecule has 2 aromatic carbocycles. The van der Waals surface area contributed by atoms with Crippen LogP contribution in [0.5, 0.6) is 5.75 Å². The Morgan fingerprint density at radius 3 is 2.67 bits per heavy atom. The summed E-state index contributed by atoms with van der Waals surface area (Å²) in [4.78, 5) is 28.7. The number of pyridine rings is 1. The number of halogens is 1. The number of hydrogen-bond donors (Lipinski definition) is 4. The third-order valence-corrected chi connectivity index (χ3v) is 7.45. The van der Waals surface area contributed by atoms with Gasteiger partial charge in [0.15, 0.2) is 0 Å². The molecule has 1 saturated heterocycles. The number of hydrogen-bond acceptors (Lipinski definition) is 4. The molecule has 2 aliphatic rings. The van der Waals surface area contributed by atoms with Crippen LogP contribution in [0.2, 0.25) is 5.02 Å². The highest BCUT2D eigenvalue weighted by Gasteiger charge is 2.24. The van der Waals surface area contributed by atoms with E-state index in [9.17, 15) is 9.59 Å². The molecule has 1 aliphatic heterocycles. The quantitative estimate of drug-likeness (QED) is 0.331. The highest BCUT2D eigenvalue weighted by Crippen LogP contribution is 2.38. The topological polar surface area (TPSA) is 95.2 Å². The third-order valence-electron chi connectivity index (χ3n) is 7.14. The summed E-state index contributed by atoms with van der Waals surface area (Å²) in [5.41, 5.74) is 4.33. The molecule has 1 atom stereocenters. The SMILES string of the molecule is Cc1ccc(-c2c(OCCC3CCCCN3)c3cc(NC(=O)NC4CC4)c(Cl)cc3[nH]c2=O)cc1C. The zero-order valence-electron chi connectivity index (χ0n) is 20.8. The number of aromatic amines is 1. The van der Waals surface area contributed by atoms with E-state index in [0.29, 0.717) is 45.6 Å². The zero-order valence-corrected chi connectivity index (χ0v) is 21.6. The minimum Gasteiger partial charge on any atom is -0.492 e. The number of benzene rings is 2. The summed E-state index contributed by atoms with van der Waals surface area (Å²) in [6.07, 6.45) is 6.39. The van der Waals surface area contributed by atoms with E-state index in [-0.39, 0.29) is 17.6 Å². The first kappa shape index (κ1) is 24.7. The first-order chi connectivity index (χ1) is 17.4. The Hall–Kier alpha value is -3.03. The second kappa shape index (κ2) is 10.5. The Balaban J connectivity index is 1.55. The molecule has 190 valence electrons. The van der Waals surface area contributed by atoms with Crippen molar-refractivity contribution in [3.63, 3.8) is 0 Å². The molecule has 7 nitrogen and oxygen atoms in total.